The second-order valence-corrected chi connectivity index (χ2v) is 5.75. The zero-order valence-corrected chi connectivity index (χ0v) is 12.4. The van der Waals surface area contributed by atoms with Crippen LogP contribution in [0.1, 0.15) is 25.3 Å². The molecular weight excluding hydrogens is 269 g/mol. The Morgan fingerprint density at radius 3 is 3.05 bits per heavy atom. The Balaban J connectivity index is 1.82. The van der Waals surface area contributed by atoms with E-state index < -0.39 is 0 Å². The number of carbonyl (C=O) groups is 1. The Hall–Kier alpha value is -1.62. The Labute approximate surface area is 124 Å². The van der Waals surface area contributed by atoms with Crippen molar-refractivity contribution in [3.63, 3.8) is 0 Å². The summed E-state index contributed by atoms with van der Waals surface area (Å²) in [5.41, 5.74) is 1.70. The van der Waals surface area contributed by atoms with Crippen molar-refractivity contribution in [1.82, 2.24) is 10.2 Å². The second-order valence-electron chi connectivity index (χ2n) is 5.75. The summed E-state index contributed by atoms with van der Waals surface area (Å²) < 4.78 is 14.3. The maximum atomic E-state index is 14.3. The fourth-order valence-electron chi connectivity index (χ4n) is 3.38. The molecule has 0 spiro atoms. The Kier molecular flexibility index (Phi) is 4.10. The molecular formula is C16H22FN3O. The average Bonchev–Trinajstić information content (AvgIpc) is 2.86. The first-order valence-corrected chi connectivity index (χ1v) is 7.73. The number of nitrogens with one attached hydrogen (secondary N) is 1. The number of fused-ring (bicyclic) bond motifs is 1. The molecule has 1 aromatic carbocycles. The first-order chi connectivity index (χ1) is 10.2. The second kappa shape index (κ2) is 6.02. The third-order valence-electron chi connectivity index (χ3n) is 4.45. The van der Waals surface area contributed by atoms with E-state index in [0.717, 1.165) is 25.1 Å². The van der Waals surface area contributed by atoms with Gasteiger partial charge in [-0.3, -0.25) is 4.79 Å². The molecule has 2 heterocycles. The number of para-hydroxylation sites is 1. The lowest BCUT2D eigenvalue weighted by Crippen LogP contribution is -2.52. The van der Waals surface area contributed by atoms with Crippen LogP contribution in [0.3, 0.4) is 0 Å². The molecule has 114 valence electrons. The smallest absolute Gasteiger partial charge is 0.223 e. The number of piperazine rings is 1. The van der Waals surface area contributed by atoms with Gasteiger partial charge < -0.3 is 15.1 Å². The van der Waals surface area contributed by atoms with Gasteiger partial charge in [-0.1, -0.05) is 19.1 Å². The van der Waals surface area contributed by atoms with Crippen molar-refractivity contribution in [3.05, 3.63) is 29.6 Å². The molecule has 1 atom stereocenters. The van der Waals surface area contributed by atoms with Gasteiger partial charge in [0.1, 0.15) is 5.82 Å². The van der Waals surface area contributed by atoms with Crippen molar-refractivity contribution in [1.29, 1.82) is 0 Å². The van der Waals surface area contributed by atoms with Crippen LogP contribution in [-0.2, 0) is 11.3 Å². The molecule has 1 N–H and O–H groups in total. The summed E-state index contributed by atoms with van der Waals surface area (Å²) in [5, 5.41) is 3.27. The number of nitrogens with zero attached hydrogens (tertiary/aromatic N) is 2. The first-order valence-electron chi connectivity index (χ1n) is 7.73. The van der Waals surface area contributed by atoms with Gasteiger partial charge in [0.2, 0.25) is 5.91 Å². The molecule has 1 aromatic rings. The highest BCUT2D eigenvalue weighted by atomic mass is 19.1. The summed E-state index contributed by atoms with van der Waals surface area (Å²) in [5.74, 6) is 0.0873. The van der Waals surface area contributed by atoms with E-state index in [2.05, 4.69) is 10.2 Å². The fourth-order valence-corrected chi connectivity index (χ4v) is 3.38. The first kappa shape index (κ1) is 14.3. The van der Waals surface area contributed by atoms with Gasteiger partial charge in [0.05, 0.1) is 5.69 Å². The Morgan fingerprint density at radius 2 is 2.24 bits per heavy atom. The van der Waals surface area contributed by atoms with E-state index in [9.17, 15) is 9.18 Å². The summed E-state index contributed by atoms with van der Waals surface area (Å²) in [6.07, 6.45) is 1.53. The lowest BCUT2D eigenvalue weighted by atomic mass is 10.1. The monoisotopic (exact) mass is 291 g/mol. The highest BCUT2D eigenvalue weighted by molar-refractivity contribution is 5.79. The van der Waals surface area contributed by atoms with E-state index >= 15 is 0 Å². The quantitative estimate of drug-likeness (QED) is 0.918. The third kappa shape index (κ3) is 2.75. The molecule has 0 aromatic heterocycles. The molecule has 2 fully saturated rings. The van der Waals surface area contributed by atoms with Crippen LogP contribution in [0.5, 0.6) is 0 Å². The lowest BCUT2D eigenvalue weighted by molar-refractivity contribution is -0.129. The minimum Gasteiger partial charge on any atom is -0.365 e. The maximum absolute atomic E-state index is 14.3. The zero-order valence-electron chi connectivity index (χ0n) is 12.4. The molecule has 1 unspecified atom stereocenters. The molecule has 5 heteroatoms. The topological polar surface area (TPSA) is 35.6 Å². The molecule has 2 aliphatic heterocycles. The standard InChI is InChI=1S/C16H22FN3O/c1-2-18-10-12-4-3-5-14(17)16(12)19-8-9-20-13(11-19)6-7-15(20)21/h3-5,13,18H,2,6-11H2,1H3. The molecule has 0 radical (unpaired) electrons. The van der Waals surface area contributed by atoms with Crippen LogP contribution in [0.25, 0.3) is 0 Å². The van der Waals surface area contributed by atoms with E-state index in [1.807, 2.05) is 17.9 Å². The van der Waals surface area contributed by atoms with E-state index in [4.69, 9.17) is 0 Å². The highest BCUT2D eigenvalue weighted by Gasteiger charge is 2.36. The SMILES string of the molecule is CCNCc1cccc(F)c1N1CCN2C(=O)CCC2C1. The number of halogens is 1. The van der Waals surface area contributed by atoms with Gasteiger partial charge in [-0.25, -0.2) is 4.39 Å². The molecule has 4 nitrogen and oxygen atoms in total. The lowest BCUT2D eigenvalue weighted by Gasteiger charge is -2.39. The molecule has 0 aliphatic carbocycles. The molecule has 0 saturated carbocycles. The predicted octanol–water partition coefficient (Wildman–Crippen LogP) is 1.75. The fraction of sp³-hybridized carbons (Fsp3) is 0.562. The van der Waals surface area contributed by atoms with Crippen molar-refractivity contribution in [2.75, 3.05) is 31.1 Å². The predicted molar refractivity (Wildman–Crippen MR) is 80.7 cm³/mol. The average molecular weight is 291 g/mol. The van der Waals surface area contributed by atoms with Crippen LogP contribution in [0.2, 0.25) is 0 Å². The number of carbonyl (C=O) groups excluding carboxylic acids is 1. The van der Waals surface area contributed by atoms with Crippen molar-refractivity contribution >= 4 is 11.6 Å². The molecule has 21 heavy (non-hydrogen) atoms. The number of benzene rings is 1. The van der Waals surface area contributed by atoms with E-state index in [1.165, 1.54) is 6.07 Å². The number of hydrogen-bond acceptors (Lipinski definition) is 3. The molecule has 2 saturated heterocycles. The van der Waals surface area contributed by atoms with Crippen LogP contribution >= 0.6 is 0 Å². The van der Waals surface area contributed by atoms with Gasteiger partial charge in [-0.2, -0.15) is 0 Å². The van der Waals surface area contributed by atoms with Crippen molar-refractivity contribution in [3.8, 4) is 0 Å². The summed E-state index contributed by atoms with van der Waals surface area (Å²) in [6.45, 7) is 5.74. The van der Waals surface area contributed by atoms with Gasteiger partial charge in [-0.05, 0) is 24.6 Å². The van der Waals surface area contributed by atoms with Crippen molar-refractivity contribution in [2.24, 2.45) is 0 Å². The minimum atomic E-state index is -0.164. The molecule has 0 bridgehead atoms. The van der Waals surface area contributed by atoms with Gasteiger partial charge in [0, 0.05) is 38.6 Å². The van der Waals surface area contributed by atoms with Crippen LogP contribution in [0.4, 0.5) is 10.1 Å². The van der Waals surface area contributed by atoms with Gasteiger partial charge in [0.25, 0.3) is 0 Å². The minimum absolute atomic E-state index is 0.164. The van der Waals surface area contributed by atoms with Crippen LogP contribution in [0.15, 0.2) is 18.2 Å². The zero-order chi connectivity index (χ0) is 14.8. The van der Waals surface area contributed by atoms with Crippen LogP contribution in [0, 0.1) is 5.82 Å². The summed E-state index contributed by atoms with van der Waals surface area (Å²) in [4.78, 5) is 15.8. The summed E-state index contributed by atoms with van der Waals surface area (Å²) in [7, 11) is 0. The maximum Gasteiger partial charge on any atom is 0.223 e. The summed E-state index contributed by atoms with van der Waals surface area (Å²) >= 11 is 0. The summed E-state index contributed by atoms with van der Waals surface area (Å²) in [6, 6.07) is 5.52. The highest BCUT2D eigenvalue weighted by Crippen LogP contribution is 2.30. The van der Waals surface area contributed by atoms with Crippen molar-refractivity contribution in [2.45, 2.75) is 32.4 Å². The van der Waals surface area contributed by atoms with Crippen LogP contribution in [-0.4, -0.2) is 43.0 Å². The Bertz CT molecular complexity index is 534. The molecule has 3 rings (SSSR count). The van der Waals surface area contributed by atoms with Crippen LogP contribution < -0.4 is 10.2 Å². The third-order valence-corrected chi connectivity index (χ3v) is 4.45. The van der Waals surface area contributed by atoms with Crippen molar-refractivity contribution < 1.29 is 9.18 Å². The van der Waals surface area contributed by atoms with Gasteiger partial charge in [0.15, 0.2) is 0 Å². The molecule has 2 aliphatic rings. The number of hydrogen-bond donors (Lipinski definition) is 1. The largest absolute Gasteiger partial charge is 0.365 e. The number of anilines is 1. The van der Waals surface area contributed by atoms with E-state index in [0.29, 0.717) is 31.7 Å². The Morgan fingerprint density at radius 1 is 1.38 bits per heavy atom. The van der Waals surface area contributed by atoms with E-state index in [-0.39, 0.29) is 17.8 Å². The number of rotatable bonds is 4. The van der Waals surface area contributed by atoms with Gasteiger partial charge >= 0.3 is 0 Å². The number of amides is 1. The normalized spacial score (nSPS) is 21.8. The molecule has 1 amide bonds. The van der Waals surface area contributed by atoms with Gasteiger partial charge in [-0.15, -0.1) is 0 Å². The van der Waals surface area contributed by atoms with E-state index in [1.54, 1.807) is 6.07 Å².